The maximum Gasteiger partial charge on any atom is 0.306 e. The van der Waals surface area contributed by atoms with Crippen LogP contribution in [0, 0.1) is 5.92 Å². The zero-order valence-corrected chi connectivity index (χ0v) is 13.3. The van der Waals surface area contributed by atoms with Crippen LogP contribution in [-0.4, -0.2) is 42.7 Å². The van der Waals surface area contributed by atoms with Crippen LogP contribution in [0.1, 0.15) is 24.8 Å². The van der Waals surface area contributed by atoms with Crippen LogP contribution in [0.2, 0.25) is 0 Å². The molecule has 1 saturated heterocycles. The summed E-state index contributed by atoms with van der Waals surface area (Å²) < 4.78 is 5.22. The molecule has 1 fully saturated rings. The van der Waals surface area contributed by atoms with Gasteiger partial charge in [0.15, 0.2) is 0 Å². The number of likely N-dealkylation sites (tertiary alicyclic amines) is 1. The van der Waals surface area contributed by atoms with Crippen LogP contribution >= 0.6 is 12.4 Å². The van der Waals surface area contributed by atoms with Crippen LogP contribution in [-0.2, 0) is 11.2 Å². The molecule has 0 spiro atoms. The topological polar surface area (TPSA) is 49.8 Å². The monoisotopic (exact) mass is 313 g/mol. The second-order valence-electron chi connectivity index (χ2n) is 5.41. The Bertz CT molecular complexity index is 445. The van der Waals surface area contributed by atoms with Crippen LogP contribution in [0.15, 0.2) is 24.3 Å². The lowest BCUT2D eigenvalue weighted by Crippen LogP contribution is -2.36. The second kappa shape index (κ2) is 8.90. The van der Waals surface area contributed by atoms with Crippen molar-refractivity contribution in [3.05, 3.63) is 29.8 Å². The molecule has 0 saturated carbocycles. The van der Waals surface area contributed by atoms with E-state index in [-0.39, 0.29) is 18.3 Å². The van der Waals surface area contributed by atoms with Gasteiger partial charge in [-0.1, -0.05) is 12.1 Å². The number of aliphatic carboxylic acids is 1. The van der Waals surface area contributed by atoms with Crippen molar-refractivity contribution in [1.82, 2.24) is 4.90 Å². The quantitative estimate of drug-likeness (QED) is 0.877. The molecule has 0 amide bonds. The molecule has 1 aromatic carbocycles. The van der Waals surface area contributed by atoms with Gasteiger partial charge in [-0.25, -0.2) is 0 Å². The minimum atomic E-state index is -0.638. The van der Waals surface area contributed by atoms with E-state index in [4.69, 9.17) is 9.84 Å². The van der Waals surface area contributed by atoms with Crippen LogP contribution in [0.4, 0.5) is 0 Å². The average Bonchev–Trinajstić information content (AvgIpc) is 2.48. The number of hydrogen-bond donors (Lipinski definition) is 1. The van der Waals surface area contributed by atoms with Crippen molar-refractivity contribution >= 4 is 18.4 Å². The van der Waals surface area contributed by atoms with Gasteiger partial charge in [-0.3, -0.25) is 4.79 Å². The van der Waals surface area contributed by atoms with Gasteiger partial charge in [0.25, 0.3) is 0 Å². The van der Waals surface area contributed by atoms with Gasteiger partial charge in [-0.2, -0.15) is 0 Å². The summed E-state index contributed by atoms with van der Waals surface area (Å²) in [6.45, 7) is 2.87. The number of halogens is 1. The summed E-state index contributed by atoms with van der Waals surface area (Å²) in [5.74, 6) is 0.135. The fourth-order valence-corrected chi connectivity index (χ4v) is 2.74. The van der Waals surface area contributed by atoms with E-state index in [1.807, 2.05) is 12.1 Å². The summed E-state index contributed by atoms with van der Waals surface area (Å²) in [6, 6.07) is 8.18. The molecule has 2 rings (SSSR count). The standard InChI is InChI=1S/C16H23NO3.ClH/c1-20-15-6-2-4-13(12-15)5-3-9-17-10-7-14(8-11-17)16(18)19;/h2,4,6,12,14H,3,5,7-11H2,1H3,(H,18,19);1H. The molecular weight excluding hydrogens is 290 g/mol. The summed E-state index contributed by atoms with van der Waals surface area (Å²) in [5.41, 5.74) is 1.30. The largest absolute Gasteiger partial charge is 0.497 e. The normalized spacial score (nSPS) is 16.2. The Balaban J connectivity index is 0.00000220. The lowest BCUT2D eigenvalue weighted by atomic mass is 9.97. The number of carboxylic acid groups (broad SMARTS) is 1. The first-order valence-corrected chi connectivity index (χ1v) is 7.27. The maximum absolute atomic E-state index is 10.9. The third kappa shape index (κ3) is 5.56. The molecule has 4 nitrogen and oxygen atoms in total. The van der Waals surface area contributed by atoms with Crippen LogP contribution < -0.4 is 4.74 Å². The zero-order valence-electron chi connectivity index (χ0n) is 12.5. The number of carboxylic acids is 1. The Hall–Kier alpha value is -1.26. The van der Waals surface area contributed by atoms with Crippen LogP contribution in [0.25, 0.3) is 0 Å². The number of methoxy groups -OCH3 is 1. The number of benzene rings is 1. The predicted octanol–water partition coefficient (Wildman–Crippen LogP) is 2.85. The Labute approximate surface area is 132 Å². The van der Waals surface area contributed by atoms with Gasteiger partial charge >= 0.3 is 5.97 Å². The van der Waals surface area contributed by atoms with Crippen LogP contribution in [0.3, 0.4) is 0 Å². The zero-order chi connectivity index (χ0) is 14.4. The fraction of sp³-hybridized carbons (Fsp3) is 0.562. The molecule has 1 aliphatic heterocycles. The molecular formula is C16H24ClNO3. The SMILES string of the molecule is COc1cccc(CCCN2CCC(C(=O)O)CC2)c1.Cl. The molecule has 21 heavy (non-hydrogen) atoms. The minimum Gasteiger partial charge on any atom is -0.497 e. The number of nitrogens with zero attached hydrogens (tertiary/aromatic N) is 1. The summed E-state index contributed by atoms with van der Waals surface area (Å²) >= 11 is 0. The van der Waals surface area contributed by atoms with E-state index in [1.165, 1.54) is 5.56 Å². The molecule has 0 unspecified atom stereocenters. The molecule has 1 heterocycles. The third-order valence-corrected chi connectivity index (χ3v) is 4.01. The molecule has 1 aromatic rings. The Morgan fingerprint density at radius 1 is 1.38 bits per heavy atom. The minimum absolute atomic E-state index is 0. The molecule has 1 N–H and O–H groups in total. The average molecular weight is 314 g/mol. The highest BCUT2D eigenvalue weighted by atomic mass is 35.5. The lowest BCUT2D eigenvalue weighted by Gasteiger charge is -2.29. The molecule has 5 heteroatoms. The van der Waals surface area contributed by atoms with E-state index in [2.05, 4.69) is 17.0 Å². The van der Waals surface area contributed by atoms with Gasteiger partial charge in [-0.05, 0) is 63.0 Å². The smallest absolute Gasteiger partial charge is 0.306 e. The highest BCUT2D eigenvalue weighted by Gasteiger charge is 2.23. The van der Waals surface area contributed by atoms with Crippen molar-refractivity contribution in [3.8, 4) is 5.75 Å². The van der Waals surface area contributed by atoms with Gasteiger partial charge < -0.3 is 14.7 Å². The van der Waals surface area contributed by atoms with Crippen molar-refractivity contribution < 1.29 is 14.6 Å². The molecule has 0 aliphatic carbocycles. The van der Waals surface area contributed by atoms with E-state index in [1.54, 1.807) is 7.11 Å². The summed E-state index contributed by atoms with van der Waals surface area (Å²) in [4.78, 5) is 13.3. The number of hydrogen-bond acceptors (Lipinski definition) is 3. The number of aryl methyl sites for hydroxylation is 1. The predicted molar refractivity (Wildman–Crippen MR) is 85.4 cm³/mol. The van der Waals surface area contributed by atoms with Gasteiger partial charge in [0.1, 0.15) is 5.75 Å². The highest BCUT2D eigenvalue weighted by molar-refractivity contribution is 5.85. The first-order valence-electron chi connectivity index (χ1n) is 7.27. The first kappa shape index (κ1) is 17.8. The van der Waals surface area contributed by atoms with E-state index in [0.717, 1.165) is 51.1 Å². The van der Waals surface area contributed by atoms with Gasteiger partial charge in [0.2, 0.25) is 0 Å². The molecule has 1 aliphatic rings. The summed E-state index contributed by atoms with van der Waals surface area (Å²) in [5, 5.41) is 8.97. The summed E-state index contributed by atoms with van der Waals surface area (Å²) in [7, 11) is 1.69. The first-order chi connectivity index (χ1) is 9.69. The number of ether oxygens (including phenoxy) is 1. The molecule has 0 bridgehead atoms. The van der Waals surface area contributed by atoms with E-state index < -0.39 is 5.97 Å². The second-order valence-corrected chi connectivity index (χ2v) is 5.41. The fourth-order valence-electron chi connectivity index (χ4n) is 2.74. The van der Waals surface area contributed by atoms with E-state index in [9.17, 15) is 4.79 Å². The van der Waals surface area contributed by atoms with E-state index in [0.29, 0.717) is 0 Å². The number of carbonyl (C=O) groups is 1. The Kier molecular flexibility index (Phi) is 7.54. The Morgan fingerprint density at radius 3 is 2.71 bits per heavy atom. The van der Waals surface area contributed by atoms with Gasteiger partial charge in [-0.15, -0.1) is 12.4 Å². The van der Waals surface area contributed by atoms with E-state index >= 15 is 0 Å². The molecule has 0 atom stereocenters. The van der Waals surface area contributed by atoms with Crippen molar-refractivity contribution in [2.75, 3.05) is 26.7 Å². The third-order valence-electron chi connectivity index (χ3n) is 4.01. The molecule has 0 aromatic heterocycles. The number of piperidine rings is 1. The van der Waals surface area contributed by atoms with Crippen molar-refractivity contribution in [2.24, 2.45) is 5.92 Å². The van der Waals surface area contributed by atoms with Gasteiger partial charge in [0.05, 0.1) is 13.0 Å². The molecule has 0 radical (unpaired) electrons. The number of rotatable bonds is 6. The van der Waals surface area contributed by atoms with Crippen molar-refractivity contribution in [2.45, 2.75) is 25.7 Å². The highest BCUT2D eigenvalue weighted by Crippen LogP contribution is 2.18. The maximum atomic E-state index is 10.9. The van der Waals surface area contributed by atoms with Crippen LogP contribution in [0.5, 0.6) is 5.75 Å². The summed E-state index contributed by atoms with van der Waals surface area (Å²) in [6.07, 6.45) is 3.71. The van der Waals surface area contributed by atoms with Crippen molar-refractivity contribution in [3.63, 3.8) is 0 Å². The Morgan fingerprint density at radius 2 is 2.10 bits per heavy atom. The molecule has 118 valence electrons. The lowest BCUT2D eigenvalue weighted by molar-refractivity contribution is -0.143. The van der Waals surface area contributed by atoms with Gasteiger partial charge in [0, 0.05) is 0 Å². The van der Waals surface area contributed by atoms with Crippen molar-refractivity contribution in [1.29, 1.82) is 0 Å².